The number of anilines is 2. The fourth-order valence-corrected chi connectivity index (χ4v) is 2.40. The molecule has 5 nitrogen and oxygen atoms in total. The average Bonchev–Trinajstić information content (AvgIpc) is 2.73. The van der Waals surface area contributed by atoms with Crippen LogP contribution in [0.3, 0.4) is 0 Å². The Balaban J connectivity index is 1.57. The van der Waals surface area contributed by atoms with E-state index in [-0.39, 0.29) is 23.3 Å². The molecule has 1 aromatic heterocycles. The maximum absolute atomic E-state index is 12.9. The Morgan fingerprint density at radius 3 is 1.47 bits per heavy atom. The van der Waals surface area contributed by atoms with E-state index in [1.165, 1.54) is 36.4 Å². The Labute approximate surface area is 171 Å². The van der Waals surface area contributed by atoms with Crippen LogP contribution in [0.1, 0.15) is 11.1 Å². The van der Waals surface area contributed by atoms with E-state index < -0.39 is 11.8 Å². The summed E-state index contributed by atoms with van der Waals surface area (Å²) in [4.78, 5) is 28.2. The number of hydrogen-bond acceptors (Lipinski definition) is 3. The van der Waals surface area contributed by atoms with Crippen LogP contribution in [-0.4, -0.2) is 16.8 Å². The van der Waals surface area contributed by atoms with Crippen LogP contribution in [0, 0.1) is 11.6 Å². The third kappa shape index (κ3) is 6.49. The van der Waals surface area contributed by atoms with Gasteiger partial charge in [-0.3, -0.25) is 9.59 Å². The van der Waals surface area contributed by atoms with Gasteiger partial charge in [-0.25, -0.2) is 13.8 Å². The molecule has 0 radical (unpaired) electrons. The molecule has 0 unspecified atom stereocenters. The van der Waals surface area contributed by atoms with Crippen molar-refractivity contribution in [2.24, 2.45) is 0 Å². The molecule has 3 rings (SSSR count). The van der Waals surface area contributed by atoms with Gasteiger partial charge in [0, 0.05) is 12.2 Å². The first-order valence-corrected chi connectivity index (χ1v) is 8.94. The van der Waals surface area contributed by atoms with E-state index in [1.807, 2.05) is 0 Å². The lowest BCUT2D eigenvalue weighted by Crippen LogP contribution is -2.12. The Morgan fingerprint density at radius 2 is 1.07 bits per heavy atom. The van der Waals surface area contributed by atoms with E-state index in [0.29, 0.717) is 11.1 Å². The van der Waals surface area contributed by atoms with E-state index in [4.69, 9.17) is 0 Å². The summed E-state index contributed by atoms with van der Waals surface area (Å²) >= 11 is 0. The predicted octanol–water partition coefficient (Wildman–Crippen LogP) is 4.66. The number of benzene rings is 2. The number of nitrogens with zero attached hydrogens (tertiary/aromatic N) is 1. The molecule has 0 spiro atoms. The fraction of sp³-hybridized carbons (Fsp3) is 0. The van der Waals surface area contributed by atoms with Gasteiger partial charge >= 0.3 is 0 Å². The van der Waals surface area contributed by atoms with Crippen molar-refractivity contribution in [1.29, 1.82) is 0 Å². The summed E-state index contributed by atoms with van der Waals surface area (Å²) in [5.41, 5.74) is 1.35. The van der Waals surface area contributed by atoms with Crippen molar-refractivity contribution >= 4 is 35.6 Å². The topological polar surface area (TPSA) is 71.1 Å². The first-order chi connectivity index (χ1) is 14.5. The van der Waals surface area contributed by atoms with Crippen molar-refractivity contribution in [2.75, 3.05) is 10.6 Å². The van der Waals surface area contributed by atoms with Gasteiger partial charge in [-0.1, -0.05) is 30.3 Å². The smallest absolute Gasteiger partial charge is 0.249 e. The maximum atomic E-state index is 12.9. The number of rotatable bonds is 6. The summed E-state index contributed by atoms with van der Waals surface area (Å²) < 4.78 is 25.8. The minimum atomic E-state index is -0.425. The van der Waals surface area contributed by atoms with Crippen molar-refractivity contribution in [1.82, 2.24) is 4.98 Å². The maximum Gasteiger partial charge on any atom is 0.249 e. The van der Waals surface area contributed by atoms with Gasteiger partial charge < -0.3 is 10.6 Å². The molecule has 3 aromatic rings. The number of amides is 2. The fourth-order valence-electron chi connectivity index (χ4n) is 2.40. The molecular weight excluding hydrogens is 388 g/mol. The summed E-state index contributed by atoms with van der Waals surface area (Å²) in [5.74, 6) is -1.05. The number of aromatic nitrogens is 1. The lowest BCUT2D eigenvalue weighted by atomic mass is 10.2. The molecule has 1 heterocycles. The molecule has 0 aliphatic carbocycles. The van der Waals surface area contributed by atoms with Crippen LogP contribution in [0.4, 0.5) is 20.4 Å². The minimum absolute atomic E-state index is 0.254. The molecule has 0 aliphatic heterocycles. The van der Waals surface area contributed by atoms with Gasteiger partial charge in [0.1, 0.15) is 23.3 Å². The average molecular weight is 405 g/mol. The number of halogens is 2. The third-order valence-electron chi connectivity index (χ3n) is 3.85. The van der Waals surface area contributed by atoms with Crippen LogP contribution in [0.25, 0.3) is 12.2 Å². The Kier molecular flexibility index (Phi) is 6.78. The molecule has 30 heavy (non-hydrogen) atoms. The SMILES string of the molecule is O=C(/C=C/c1ccc(F)cc1)Nc1cccc(NC(=O)/C=C/c2ccc(F)cc2)n1. The zero-order valence-electron chi connectivity index (χ0n) is 15.7. The molecule has 0 aliphatic rings. The van der Waals surface area contributed by atoms with E-state index >= 15 is 0 Å². The van der Waals surface area contributed by atoms with Gasteiger partial charge in [-0.05, 0) is 59.7 Å². The first-order valence-electron chi connectivity index (χ1n) is 8.94. The summed E-state index contributed by atoms with van der Waals surface area (Å²) in [6.07, 6.45) is 5.68. The molecule has 150 valence electrons. The van der Waals surface area contributed by atoms with Gasteiger partial charge in [-0.15, -0.1) is 0 Å². The van der Waals surface area contributed by atoms with Crippen molar-refractivity contribution in [3.8, 4) is 0 Å². The third-order valence-corrected chi connectivity index (χ3v) is 3.85. The molecule has 0 atom stereocenters. The lowest BCUT2D eigenvalue weighted by Gasteiger charge is -2.05. The number of carbonyl (C=O) groups is 2. The lowest BCUT2D eigenvalue weighted by molar-refractivity contribution is -0.112. The molecule has 0 fully saturated rings. The summed E-state index contributed by atoms with van der Waals surface area (Å²) in [6.45, 7) is 0. The number of pyridine rings is 1. The standard InChI is InChI=1S/C23H17F2N3O2/c24-18-10-4-16(5-11-18)8-14-22(29)27-20-2-1-3-21(26-20)28-23(30)15-9-17-6-12-19(25)13-7-17/h1-15H,(H2,26,27,28,29,30)/b14-8+,15-9+. The quantitative estimate of drug-likeness (QED) is 0.586. The highest BCUT2D eigenvalue weighted by atomic mass is 19.1. The van der Waals surface area contributed by atoms with E-state index in [2.05, 4.69) is 15.6 Å². The second-order valence-electron chi connectivity index (χ2n) is 6.16. The molecule has 0 saturated carbocycles. The van der Waals surface area contributed by atoms with Crippen molar-refractivity contribution in [3.63, 3.8) is 0 Å². The molecule has 2 aromatic carbocycles. The van der Waals surface area contributed by atoms with Crippen LogP contribution in [0.15, 0.2) is 78.9 Å². The molecule has 0 bridgehead atoms. The van der Waals surface area contributed by atoms with E-state index in [0.717, 1.165) is 0 Å². The summed E-state index contributed by atoms with van der Waals surface area (Å²) in [6, 6.07) is 16.2. The van der Waals surface area contributed by atoms with Crippen LogP contribution < -0.4 is 10.6 Å². The largest absolute Gasteiger partial charge is 0.307 e. The van der Waals surface area contributed by atoms with Crippen LogP contribution in [-0.2, 0) is 9.59 Å². The van der Waals surface area contributed by atoms with Crippen molar-refractivity contribution < 1.29 is 18.4 Å². The minimum Gasteiger partial charge on any atom is -0.307 e. The second-order valence-corrected chi connectivity index (χ2v) is 6.16. The first kappa shape index (κ1) is 20.6. The zero-order valence-corrected chi connectivity index (χ0v) is 15.7. The number of nitrogens with one attached hydrogen (secondary N) is 2. The van der Waals surface area contributed by atoms with Gasteiger partial charge in [0.25, 0.3) is 0 Å². The molecule has 2 N–H and O–H groups in total. The monoisotopic (exact) mass is 405 g/mol. The highest BCUT2D eigenvalue weighted by Gasteiger charge is 2.03. The Hall–Kier alpha value is -4.13. The Morgan fingerprint density at radius 1 is 0.667 bits per heavy atom. The second kappa shape index (κ2) is 9.88. The van der Waals surface area contributed by atoms with Crippen LogP contribution in [0.2, 0.25) is 0 Å². The van der Waals surface area contributed by atoms with Crippen LogP contribution in [0.5, 0.6) is 0 Å². The van der Waals surface area contributed by atoms with Gasteiger partial charge in [0.2, 0.25) is 11.8 Å². The highest BCUT2D eigenvalue weighted by molar-refractivity contribution is 6.03. The van der Waals surface area contributed by atoms with Crippen molar-refractivity contribution in [2.45, 2.75) is 0 Å². The Bertz CT molecular complexity index is 1010. The summed E-state index contributed by atoms with van der Waals surface area (Å²) in [7, 11) is 0. The van der Waals surface area contributed by atoms with Crippen molar-refractivity contribution in [3.05, 3.63) is 102 Å². The van der Waals surface area contributed by atoms with Gasteiger partial charge in [0.15, 0.2) is 0 Å². The van der Waals surface area contributed by atoms with Gasteiger partial charge in [-0.2, -0.15) is 0 Å². The molecule has 0 saturated heterocycles. The number of carbonyl (C=O) groups excluding carboxylic acids is 2. The predicted molar refractivity (Wildman–Crippen MR) is 112 cm³/mol. The molecule has 7 heteroatoms. The summed E-state index contributed by atoms with van der Waals surface area (Å²) in [5, 5.41) is 5.17. The normalized spacial score (nSPS) is 11.0. The van der Waals surface area contributed by atoms with Crippen LogP contribution >= 0.6 is 0 Å². The molecular formula is C23H17F2N3O2. The van der Waals surface area contributed by atoms with E-state index in [1.54, 1.807) is 54.6 Å². The zero-order chi connectivity index (χ0) is 21.3. The molecule has 2 amide bonds. The highest BCUT2D eigenvalue weighted by Crippen LogP contribution is 2.11. The van der Waals surface area contributed by atoms with Gasteiger partial charge in [0.05, 0.1) is 0 Å². The van der Waals surface area contributed by atoms with E-state index in [9.17, 15) is 18.4 Å². The number of hydrogen-bond donors (Lipinski definition) is 2.